The van der Waals surface area contributed by atoms with E-state index in [9.17, 15) is 9.59 Å². The summed E-state index contributed by atoms with van der Waals surface area (Å²) in [7, 11) is 5.48. The highest BCUT2D eigenvalue weighted by Crippen LogP contribution is 2.31. The average Bonchev–Trinajstić information content (AvgIpc) is 2.59. The van der Waals surface area contributed by atoms with Gasteiger partial charge in [0.05, 0.1) is 0 Å². The zero-order valence-corrected chi connectivity index (χ0v) is 14.5. The zero-order chi connectivity index (χ0) is 17.9. The summed E-state index contributed by atoms with van der Waals surface area (Å²) in [4.78, 5) is 25.2. The van der Waals surface area contributed by atoms with Crippen LogP contribution in [0.3, 0.4) is 0 Å². The van der Waals surface area contributed by atoms with E-state index >= 15 is 0 Å². The first-order valence-electron chi connectivity index (χ1n) is 7.69. The fraction of sp³-hybridized carbons (Fsp3) is 0.200. The van der Waals surface area contributed by atoms with E-state index < -0.39 is 0 Å². The number of allylic oxidation sites excluding steroid dienone is 1. The van der Waals surface area contributed by atoms with Crippen LogP contribution in [0.5, 0.6) is 0 Å². The van der Waals surface area contributed by atoms with Crippen molar-refractivity contribution in [3.63, 3.8) is 0 Å². The highest BCUT2D eigenvalue weighted by molar-refractivity contribution is 6.20. The van der Waals surface area contributed by atoms with Gasteiger partial charge in [-0.15, -0.1) is 0 Å². The molecule has 2 rings (SSSR count). The Labute approximate surface area is 142 Å². The molecule has 0 unspecified atom stereocenters. The number of amides is 1. The molecule has 24 heavy (non-hydrogen) atoms. The Balaban J connectivity index is 2.45. The number of Topliss-reactive ketones (excluding diaryl/α,β-unsaturated/α-hetero) is 1. The molecule has 0 spiro atoms. The number of rotatable bonds is 5. The molecule has 4 heteroatoms. The third kappa shape index (κ3) is 3.54. The van der Waals surface area contributed by atoms with Crippen LogP contribution < -0.4 is 10.2 Å². The molecule has 0 radical (unpaired) electrons. The third-order valence-corrected chi connectivity index (χ3v) is 3.94. The number of nitrogens with zero attached hydrogens (tertiary/aromatic N) is 1. The van der Waals surface area contributed by atoms with Crippen molar-refractivity contribution in [1.82, 2.24) is 5.32 Å². The number of hydrogen-bond donors (Lipinski definition) is 1. The number of ketones is 1. The number of carbonyl (C=O) groups is 2. The van der Waals surface area contributed by atoms with Gasteiger partial charge in [0.15, 0.2) is 5.78 Å². The molecule has 1 N–H and O–H groups in total. The first-order valence-corrected chi connectivity index (χ1v) is 7.69. The smallest absolute Gasteiger partial charge is 0.251 e. The molecule has 2 aromatic rings. The van der Waals surface area contributed by atoms with Gasteiger partial charge in [-0.2, -0.15) is 0 Å². The van der Waals surface area contributed by atoms with Gasteiger partial charge in [-0.25, -0.2) is 0 Å². The lowest BCUT2D eigenvalue weighted by Crippen LogP contribution is -2.17. The predicted molar refractivity (Wildman–Crippen MR) is 99.3 cm³/mol. The molecule has 0 saturated heterocycles. The summed E-state index contributed by atoms with van der Waals surface area (Å²) in [6.07, 6.45) is 0. The molecule has 0 aliphatic carbocycles. The third-order valence-electron chi connectivity index (χ3n) is 3.94. The molecule has 124 valence electrons. The topological polar surface area (TPSA) is 49.4 Å². The molecule has 0 saturated carbocycles. The summed E-state index contributed by atoms with van der Waals surface area (Å²) in [6, 6.07) is 13.3. The largest absolute Gasteiger partial charge is 0.377 e. The number of benzene rings is 2. The summed E-state index contributed by atoms with van der Waals surface area (Å²) in [5.41, 5.74) is 4.91. The lowest BCUT2D eigenvalue weighted by atomic mass is 9.96. The average molecular weight is 322 g/mol. The van der Waals surface area contributed by atoms with Gasteiger partial charge in [0, 0.05) is 43.5 Å². The van der Waals surface area contributed by atoms with Crippen LogP contribution in [0.15, 0.2) is 49.0 Å². The maximum Gasteiger partial charge on any atom is 0.251 e. The number of carbonyl (C=O) groups excluding carboxylic acids is 2. The molecular formula is C20H22N2O2. The highest BCUT2D eigenvalue weighted by Gasteiger charge is 2.13. The van der Waals surface area contributed by atoms with Gasteiger partial charge in [-0.1, -0.05) is 30.8 Å². The van der Waals surface area contributed by atoms with Crippen LogP contribution in [0.1, 0.15) is 22.8 Å². The Kier molecular flexibility index (Phi) is 5.19. The van der Waals surface area contributed by atoms with Crippen LogP contribution in [-0.4, -0.2) is 32.8 Å². The lowest BCUT2D eigenvalue weighted by Gasteiger charge is -2.19. The van der Waals surface area contributed by atoms with Gasteiger partial charge in [0.1, 0.15) is 0 Å². The van der Waals surface area contributed by atoms with Gasteiger partial charge in [-0.05, 0) is 36.2 Å². The summed E-state index contributed by atoms with van der Waals surface area (Å²) in [6.45, 7) is 5.41. The van der Waals surface area contributed by atoms with E-state index in [1.54, 1.807) is 19.2 Å². The fourth-order valence-corrected chi connectivity index (χ4v) is 2.48. The summed E-state index contributed by atoms with van der Waals surface area (Å²) < 4.78 is 0. The quantitative estimate of drug-likeness (QED) is 0.859. The van der Waals surface area contributed by atoms with E-state index in [0.29, 0.717) is 11.1 Å². The maximum absolute atomic E-state index is 11.6. The van der Waals surface area contributed by atoms with Crippen molar-refractivity contribution in [2.45, 2.75) is 6.92 Å². The Morgan fingerprint density at radius 2 is 1.58 bits per heavy atom. The molecule has 4 nitrogen and oxygen atoms in total. The number of anilines is 1. The fourth-order valence-electron chi connectivity index (χ4n) is 2.48. The van der Waals surface area contributed by atoms with Crippen molar-refractivity contribution in [3.8, 4) is 11.1 Å². The van der Waals surface area contributed by atoms with Crippen LogP contribution in [0.25, 0.3) is 16.7 Å². The van der Waals surface area contributed by atoms with Crippen molar-refractivity contribution in [1.29, 1.82) is 0 Å². The van der Waals surface area contributed by atoms with Crippen LogP contribution in [0.4, 0.5) is 5.69 Å². The highest BCUT2D eigenvalue weighted by atomic mass is 16.1. The lowest BCUT2D eigenvalue weighted by molar-refractivity contribution is -0.111. The number of nitrogens with one attached hydrogen (secondary N) is 1. The van der Waals surface area contributed by atoms with Crippen LogP contribution in [-0.2, 0) is 4.79 Å². The van der Waals surface area contributed by atoms with Crippen LogP contribution >= 0.6 is 0 Å². The summed E-state index contributed by atoms with van der Waals surface area (Å²) >= 11 is 0. The molecular weight excluding hydrogens is 300 g/mol. The molecule has 0 aliphatic heterocycles. The van der Waals surface area contributed by atoms with E-state index in [1.807, 2.05) is 49.3 Å². The van der Waals surface area contributed by atoms with E-state index in [-0.39, 0.29) is 11.7 Å². The zero-order valence-electron chi connectivity index (χ0n) is 14.5. The SMILES string of the molecule is C=C(C(C)=O)c1ccc(-c2ccc(C(=O)NC)cc2)cc1N(C)C. The van der Waals surface area contributed by atoms with Gasteiger partial charge >= 0.3 is 0 Å². The standard InChI is InChI=1S/C20H22N2O2/c1-13(14(2)23)18-11-10-17(12-19(18)22(4)5)15-6-8-16(9-7-15)20(24)21-3/h6-12H,1H2,2-5H3,(H,21,24). The second-order valence-corrected chi connectivity index (χ2v) is 5.82. The summed E-state index contributed by atoms with van der Waals surface area (Å²) in [5, 5.41) is 2.61. The van der Waals surface area contributed by atoms with E-state index in [1.165, 1.54) is 6.92 Å². The molecule has 1 amide bonds. The summed E-state index contributed by atoms with van der Waals surface area (Å²) in [5.74, 6) is -0.149. The van der Waals surface area contributed by atoms with Crippen LogP contribution in [0, 0.1) is 0 Å². The van der Waals surface area contributed by atoms with Gasteiger partial charge in [-0.3, -0.25) is 9.59 Å². The molecule has 0 heterocycles. The van der Waals surface area contributed by atoms with Crippen molar-refractivity contribution < 1.29 is 9.59 Å². The second kappa shape index (κ2) is 7.13. The first kappa shape index (κ1) is 17.5. The Morgan fingerprint density at radius 3 is 2.08 bits per heavy atom. The first-order chi connectivity index (χ1) is 11.3. The normalized spacial score (nSPS) is 10.2. The molecule has 0 aromatic heterocycles. The Morgan fingerprint density at radius 1 is 1.00 bits per heavy atom. The Bertz CT molecular complexity index is 790. The predicted octanol–water partition coefficient (Wildman–Crippen LogP) is 3.38. The minimum Gasteiger partial charge on any atom is -0.377 e. The minimum absolute atomic E-state index is 0.0409. The van der Waals surface area contributed by atoms with Crippen LogP contribution in [0.2, 0.25) is 0 Å². The van der Waals surface area contributed by atoms with E-state index in [0.717, 1.165) is 22.4 Å². The maximum atomic E-state index is 11.6. The Hall–Kier alpha value is -2.88. The second-order valence-electron chi connectivity index (χ2n) is 5.82. The molecule has 2 aromatic carbocycles. The molecule has 0 fully saturated rings. The van der Waals surface area contributed by atoms with Crippen molar-refractivity contribution in [2.24, 2.45) is 0 Å². The minimum atomic E-state index is -0.108. The van der Waals surface area contributed by atoms with Gasteiger partial charge < -0.3 is 10.2 Å². The van der Waals surface area contributed by atoms with Crippen molar-refractivity contribution in [2.75, 3.05) is 26.0 Å². The van der Waals surface area contributed by atoms with Crippen molar-refractivity contribution in [3.05, 3.63) is 60.2 Å². The van der Waals surface area contributed by atoms with E-state index in [2.05, 4.69) is 11.9 Å². The molecule has 0 bridgehead atoms. The van der Waals surface area contributed by atoms with E-state index in [4.69, 9.17) is 0 Å². The molecule has 0 aliphatic rings. The molecule has 0 atom stereocenters. The van der Waals surface area contributed by atoms with Gasteiger partial charge in [0.25, 0.3) is 5.91 Å². The van der Waals surface area contributed by atoms with Crippen molar-refractivity contribution >= 4 is 23.0 Å². The monoisotopic (exact) mass is 322 g/mol. The van der Waals surface area contributed by atoms with Gasteiger partial charge in [0.2, 0.25) is 0 Å². The number of hydrogen-bond acceptors (Lipinski definition) is 3.